The number of pyridine rings is 1. The zero-order valence-electron chi connectivity index (χ0n) is 6.55. The Kier molecular flexibility index (Phi) is 1.40. The molecule has 0 fully saturated rings. The lowest BCUT2D eigenvalue weighted by atomic mass is 10.4. The Morgan fingerprint density at radius 2 is 2.33 bits per heavy atom. The largest absolute Gasteiger partial charge is 0.482 e. The molecule has 2 rings (SSSR count). The number of hydrogen-bond acceptors (Lipinski definition) is 2. The molecule has 2 N–H and O–H groups in total. The molecular weight excluding hydrogens is 156 g/mol. The van der Waals surface area contributed by atoms with E-state index in [0.29, 0.717) is 11.4 Å². The molecule has 2 aromatic heterocycles. The smallest absolute Gasteiger partial charge is 0.209 e. The molecule has 0 saturated carbocycles. The van der Waals surface area contributed by atoms with Crippen molar-refractivity contribution in [2.75, 3.05) is 7.11 Å². The maximum atomic E-state index is 11.3. The van der Waals surface area contributed by atoms with Crippen LogP contribution < -0.4 is 10.2 Å². The molecule has 0 bridgehead atoms. The Balaban J connectivity index is 2.84. The van der Waals surface area contributed by atoms with E-state index in [0.717, 1.165) is 5.52 Å². The number of ether oxygens (including phenoxy) is 1. The molecule has 4 heteroatoms. The third-order valence-corrected chi connectivity index (χ3v) is 1.73. The summed E-state index contributed by atoms with van der Waals surface area (Å²) < 4.78 is 4.90. The van der Waals surface area contributed by atoms with Crippen LogP contribution in [0.2, 0.25) is 0 Å². The van der Waals surface area contributed by atoms with Crippen LogP contribution in [0.5, 0.6) is 5.88 Å². The van der Waals surface area contributed by atoms with Crippen LogP contribution in [0.4, 0.5) is 0 Å². The van der Waals surface area contributed by atoms with E-state index in [-0.39, 0.29) is 5.43 Å². The SMILES string of the molecule is COc1cc(=O)c2[nH]ccc2[nH]1. The minimum atomic E-state index is -0.0643. The maximum Gasteiger partial charge on any atom is 0.209 e. The number of rotatable bonds is 1. The van der Waals surface area contributed by atoms with E-state index in [1.54, 1.807) is 12.3 Å². The number of hydrogen-bond donors (Lipinski definition) is 2. The van der Waals surface area contributed by atoms with Crippen LogP contribution in [0.25, 0.3) is 11.0 Å². The topological polar surface area (TPSA) is 57.9 Å². The second-order valence-corrected chi connectivity index (χ2v) is 2.47. The molecule has 0 aliphatic rings. The predicted octanol–water partition coefficient (Wildman–Crippen LogP) is 0.865. The Hall–Kier alpha value is -1.71. The molecule has 0 aliphatic carbocycles. The van der Waals surface area contributed by atoms with Crippen LogP contribution in [-0.2, 0) is 0 Å². The fraction of sp³-hybridized carbons (Fsp3) is 0.125. The van der Waals surface area contributed by atoms with E-state index in [1.807, 2.05) is 0 Å². The van der Waals surface area contributed by atoms with E-state index in [2.05, 4.69) is 9.97 Å². The van der Waals surface area contributed by atoms with Crippen LogP contribution in [0.1, 0.15) is 0 Å². The summed E-state index contributed by atoms with van der Waals surface area (Å²) in [5.41, 5.74) is 1.28. The van der Waals surface area contributed by atoms with Gasteiger partial charge in [0.05, 0.1) is 12.6 Å². The first-order valence-electron chi connectivity index (χ1n) is 3.55. The molecule has 2 heterocycles. The first-order chi connectivity index (χ1) is 5.81. The van der Waals surface area contributed by atoms with E-state index >= 15 is 0 Å². The van der Waals surface area contributed by atoms with Crippen LogP contribution >= 0.6 is 0 Å². The van der Waals surface area contributed by atoms with Crippen molar-refractivity contribution in [1.82, 2.24) is 9.97 Å². The standard InChI is InChI=1S/C8H8N2O2/c1-12-7-4-6(11)8-5(10-7)2-3-9-8/h2-4,9H,1H3,(H,10,11). The molecule has 0 aliphatic heterocycles. The monoisotopic (exact) mass is 164 g/mol. The molecule has 0 saturated heterocycles. The molecule has 2 aromatic rings. The van der Waals surface area contributed by atoms with Gasteiger partial charge >= 0.3 is 0 Å². The van der Waals surface area contributed by atoms with Gasteiger partial charge in [-0.1, -0.05) is 0 Å². The van der Waals surface area contributed by atoms with Crippen molar-refractivity contribution in [2.45, 2.75) is 0 Å². The maximum absolute atomic E-state index is 11.3. The molecular formula is C8H8N2O2. The lowest BCUT2D eigenvalue weighted by molar-refractivity contribution is 0.399. The second-order valence-electron chi connectivity index (χ2n) is 2.47. The highest BCUT2D eigenvalue weighted by atomic mass is 16.5. The quantitative estimate of drug-likeness (QED) is 0.656. The molecule has 12 heavy (non-hydrogen) atoms. The number of aromatic nitrogens is 2. The zero-order chi connectivity index (χ0) is 8.55. The highest BCUT2D eigenvalue weighted by Gasteiger charge is 2.01. The van der Waals surface area contributed by atoms with Crippen LogP contribution in [0.15, 0.2) is 23.1 Å². The highest BCUT2D eigenvalue weighted by molar-refractivity contribution is 5.74. The Morgan fingerprint density at radius 3 is 3.08 bits per heavy atom. The summed E-state index contributed by atoms with van der Waals surface area (Å²) in [5, 5.41) is 0. The summed E-state index contributed by atoms with van der Waals surface area (Å²) >= 11 is 0. The van der Waals surface area contributed by atoms with Gasteiger partial charge in [-0.25, -0.2) is 0 Å². The van der Waals surface area contributed by atoms with Crippen molar-refractivity contribution >= 4 is 11.0 Å². The van der Waals surface area contributed by atoms with Crippen molar-refractivity contribution in [3.63, 3.8) is 0 Å². The minimum absolute atomic E-state index is 0.0643. The summed E-state index contributed by atoms with van der Waals surface area (Å²) in [6.45, 7) is 0. The van der Waals surface area contributed by atoms with Crippen molar-refractivity contribution in [3.05, 3.63) is 28.6 Å². The summed E-state index contributed by atoms with van der Waals surface area (Å²) in [6.07, 6.45) is 1.71. The fourth-order valence-corrected chi connectivity index (χ4v) is 1.15. The molecule has 0 radical (unpaired) electrons. The normalized spacial score (nSPS) is 10.4. The Labute approximate surface area is 68.2 Å². The molecule has 62 valence electrons. The number of fused-ring (bicyclic) bond motifs is 1. The van der Waals surface area contributed by atoms with Gasteiger partial charge in [-0.2, -0.15) is 0 Å². The lowest BCUT2D eigenvalue weighted by Crippen LogP contribution is -2.02. The van der Waals surface area contributed by atoms with Crippen LogP contribution in [0, 0.1) is 0 Å². The van der Waals surface area contributed by atoms with Gasteiger partial charge in [0.15, 0.2) is 5.88 Å². The average Bonchev–Trinajstić information content (AvgIpc) is 2.52. The van der Waals surface area contributed by atoms with E-state index in [1.165, 1.54) is 13.2 Å². The van der Waals surface area contributed by atoms with Crippen LogP contribution in [-0.4, -0.2) is 17.1 Å². The second kappa shape index (κ2) is 2.41. The first kappa shape index (κ1) is 6.97. The molecule has 0 unspecified atom stereocenters. The van der Waals surface area contributed by atoms with E-state index < -0.39 is 0 Å². The number of nitrogens with one attached hydrogen (secondary N) is 2. The summed E-state index contributed by atoms with van der Waals surface area (Å²) in [4.78, 5) is 17.1. The molecule has 0 spiro atoms. The summed E-state index contributed by atoms with van der Waals surface area (Å²) in [5.74, 6) is 0.479. The Morgan fingerprint density at radius 1 is 1.50 bits per heavy atom. The van der Waals surface area contributed by atoms with E-state index in [4.69, 9.17) is 4.74 Å². The van der Waals surface area contributed by atoms with Crippen molar-refractivity contribution in [2.24, 2.45) is 0 Å². The predicted molar refractivity (Wildman–Crippen MR) is 45.5 cm³/mol. The first-order valence-corrected chi connectivity index (χ1v) is 3.55. The summed E-state index contributed by atoms with van der Waals surface area (Å²) in [7, 11) is 1.52. The fourth-order valence-electron chi connectivity index (χ4n) is 1.15. The van der Waals surface area contributed by atoms with Gasteiger partial charge in [0, 0.05) is 12.3 Å². The average molecular weight is 164 g/mol. The van der Waals surface area contributed by atoms with Gasteiger partial charge in [-0.05, 0) is 6.07 Å². The number of methoxy groups -OCH3 is 1. The summed E-state index contributed by atoms with van der Waals surface area (Å²) in [6, 6.07) is 3.21. The number of aromatic amines is 2. The molecule has 0 aromatic carbocycles. The van der Waals surface area contributed by atoms with E-state index in [9.17, 15) is 4.79 Å². The van der Waals surface area contributed by atoms with Gasteiger partial charge in [-0.3, -0.25) is 4.79 Å². The Bertz CT molecular complexity index is 455. The molecule has 0 amide bonds. The molecule has 0 atom stereocenters. The number of H-pyrrole nitrogens is 2. The molecule has 4 nitrogen and oxygen atoms in total. The van der Waals surface area contributed by atoms with Crippen molar-refractivity contribution in [1.29, 1.82) is 0 Å². The minimum Gasteiger partial charge on any atom is -0.482 e. The van der Waals surface area contributed by atoms with Gasteiger partial charge in [0.2, 0.25) is 5.43 Å². The third-order valence-electron chi connectivity index (χ3n) is 1.73. The third kappa shape index (κ3) is 0.887. The zero-order valence-corrected chi connectivity index (χ0v) is 6.55. The van der Waals surface area contributed by atoms with Crippen LogP contribution in [0.3, 0.4) is 0 Å². The van der Waals surface area contributed by atoms with Crippen molar-refractivity contribution in [3.8, 4) is 5.88 Å². The van der Waals surface area contributed by atoms with Gasteiger partial charge in [-0.15, -0.1) is 0 Å². The van der Waals surface area contributed by atoms with Gasteiger partial charge < -0.3 is 14.7 Å². The van der Waals surface area contributed by atoms with Gasteiger partial charge in [0.25, 0.3) is 0 Å². The van der Waals surface area contributed by atoms with Crippen molar-refractivity contribution < 1.29 is 4.74 Å². The van der Waals surface area contributed by atoms with Gasteiger partial charge in [0.1, 0.15) is 5.52 Å². The highest BCUT2D eigenvalue weighted by Crippen LogP contribution is 2.09. The lowest BCUT2D eigenvalue weighted by Gasteiger charge is -1.97.